The van der Waals surface area contributed by atoms with Crippen molar-refractivity contribution in [1.29, 1.82) is 0 Å². The van der Waals surface area contributed by atoms with Crippen molar-refractivity contribution < 1.29 is 5.11 Å². The number of hydrogen-bond donors (Lipinski definition) is 1. The molecule has 0 radical (unpaired) electrons. The summed E-state index contributed by atoms with van der Waals surface area (Å²) >= 11 is 0. The normalized spacial score (nSPS) is 43.4. The van der Waals surface area contributed by atoms with Gasteiger partial charge in [-0.3, -0.25) is 0 Å². The van der Waals surface area contributed by atoms with Crippen LogP contribution in [0.1, 0.15) is 45.4 Å². The van der Waals surface area contributed by atoms with Crippen molar-refractivity contribution in [3.05, 3.63) is 0 Å². The summed E-state index contributed by atoms with van der Waals surface area (Å²) < 4.78 is 0. The molecule has 2 heteroatoms. The van der Waals surface area contributed by atoms with Gasteiger partial charge in [-0.15, -0.1) is 0 Å². The molecule has 2 nitrogen and oxygen atoms in total. The molecule has 0 aromatic carbocycles. The molecule has 0 aromatic heterocycles. The first-order chi connectivity index (χ1) is 7.15. The van der Waals surface area contributed by atoms with Crippen LogP contribution < -0.4 is 0 Å². The molecular formula is C13H25NO. The second kappa shape index (κ2) is 4.42. The van der Waals surface area contributed by atoms with Crippen LogP contribution in [0.25, 0.3) is 0 Å². The fourth-order valence-corrected chi connectivity index (χ4v) is 3.72. The van der Waals surface area contributed by atoms with E-state index in [0.29, 0.717) is 5.92 Å². The fraction of sp³-hybridized carbons (Fsp3) is 1.00. The van der Waals surface area contributed by atoms with E-state index in [4.69, 9.17) is 0 Å². The van der Waals surface area contributed by atoms with E-state index < -0.39 is 0 Å². The van der Waals surface area contributed by atoms with E-state index in [1.165, 1.54) is 32.1 Å². The Morgan fingerprint density at radius 3 is 2.67 bits per heavy atom. The van der Waals surface area contributed by atoms with Crippen molar-refractivity contribution in [1.82, 2.24) is 4.90 Å². The van der Waals surface area contributed by atoms with E-state index in [0.717, 1.165) is 25.4 Å². The van der Waals surface area contributed by atoms with Crippen molar-refractivity contribution in [2.75, 3.05) is 20.1 Å². The quantitative estimate of drug-likeness (QED) is 0.757. The average Bonchev–Trinajstić information content (AvgIpc) is 2.60. The van der Waals surface area contributed by atoms with E-state index in [2.05, 4.69) is 18.9 Å². The fourth-order valence-electron chi connectivity index (χ4n) is 3.72. The van der Waals surface area contributed by atoms with Crippen LogP contribution in [0.2, 0.25) is 0 Å². The molecule has 1 aliphatic carbocycles. The summed E-state index contributed by atoms with van der Waals surface area (Å²) in [6, 6.07) is 0. The number of aliphatic hydroxyl groups is 1. The second-order valence-corrected chi connectivity index (χ2v) is 5.65. The molecule has 0 spiro atoms. The van der Waals surface area contributed by atoms with E-state index in [1.54, 1.807) is 0 Å². The largest absolute Gasteiger partial charge is 0.388 e. The van der Waals surface area contributed by atoms with Crippen LogP contribution in [0.5, 0.6) is 0 Å². The van der Waals surface area contributed by atoms with Crippen LogP contribution in [-0.2, 0) is 0 Å². The van der Waals surface area contributed by atoms with E-state index in [-0.39, 0.29) is 5.60 Å². The third kappa shape index (κ3) is 2.21. The predicted molar refractivity (Wildman–Crippen MR) is 62.8 cm³/mol. The highest BCUT2D eigenvalue weighted by atomic mass is 16.3. The standard InChI is InChI=1S/C13H25NO/c1-3-11-6-4-5-7-12(11)13(15)8-9-14(2)10-13/h11-12,15H,3-10H2,1-2H3. The topological polar surface area (TPSA) is 23.5 Å². The van der Waals surface area contributed by atoms with E-state index in [9.17, 15) is 5.11 Å². The smallest absolute Gasteiger partial charge is 0.0816 e. The molecule has 1 heterocycles. The lowest BCUT2D eigenvalue weighted by atomic mass is 9.69. The lowest BCUT2D eigenvalue weighted by molar-refractivity contribution is -0.0479. The van der Waals surface area contributed by atoms with E-state index in [1.807, 2.05) is 0 Å². The Bertz CT molecular complexity index is 219. The highest BCUT2D eigenvalue weighted by Crippen LogP contribution is 2.42. The first-order valence-corrected chi connectivity index (χ1v) is 6.56. The van der Waals surface area contributed by atoms with Gasteiger partial charge < -0.3 is 10.0 Å². The monoisotopic (exact) mass is 211 g/mol. The van der Waals surface area contributed by atoms with Gasteiger partial charge in [0, 0.05) is 13.1 Å². The summed E-state index contributed by atoms with van der Waals surface area (Å²) in [6.45, 7) is 4.25. The zero-order valence-corrected chi connectivity index (χ0v) is 10.2. The molecule has 88 valence electrons. The van der Waals surface area contributed by atoms with Gasteiger partial charge in [0.2, 0.25) is 0 Å². The molecule has 0 bridgehead atoms. The molecule has 1 aliphatic heterocycles. The number of β-amino-alcohol motifs (C(OH)–C–C–N with tert-alkyl or cyclic N) is 1. The van der Waals surface area contributed by atoms with Gasteiger partial charge in [0.1, 0.15) is 0 Å². The van der Waals surface area contributed by atoms with Gasteiger partial charge >= 0.3 is 0 Å². The van der Waals surface area contributed by atoms with Crippen LogP contribution in [-0.4, -0.2) is 35.7 Å². The third-order valence-electron chi connectivity index (χ3n) is 4.59. The molecular weight excluding hydrogens is 186 g/mol. The maximum atomic E-state index is 10.7. The Hall–Kier alpha value is -0.0800. The van der Waals surface area contributed by atoms with Crippen LogP contribution in [0.15, 0.2) is 0 Å². The van der Waals surface area contributed by atoms with Gasteiger partial charge in [-0.1, -0.05) is 32.6 Å². The van der Waals surface area contributed by atoms with Crippen LogP contribution in [0.4, 0.5) is 0 Å². The van der Waals surface area contributed by atoms with Crippen molar-refractivity contribution in [3.63, 3.8) is 0 Å². The summed E-state index contributed by atoms with van der Waals surface area (Å²) in [5, 5.41) is 10.7. The first-order valence-electron chi connectivity index (χ1n) is 6.56. The van der Waals surface area contributed by atoms with Gasteiger partial charge in [-0.2, -0.15) is 0 Å². The van der Waals surface area contributed by atoms with Crippen molar-refractivity contribution in [2.24, 2.45) is 11.8 Å². The lowest BCUT2D eigenvalue weighted by Crippen LogP contribution is -2.45. The Labute approximate surface area is 93.7 Å². The first kappa shape index (κ1) is 11.4. The molecule has 0 aromatic rings. The predicted octanol–water partition coefficient (Wildman–Crippen LogP) is 2.27. The number of rotatable bonds is 2. The number of likely N-dealkylation sites (N-methyl/N-ethyl adjacent to an activating group) is 1. The summed E-state index contributed by atoms with van der Waals surface area (Å²) in [6.07, 6.45) is 7.53. The maximum Gasteiger partial charge on any atom is 0.0816 e. The summed E-state index contributed by atoms with van der Waals surface area (Å²) in [7, 11) is 2.13. The number of nitrogens with zero attached hydrogens (tertiary/aromatic N) is 1. The van der Waals surface area contributed by atoms with Gasteiger partial charge in [0.05, 0.1) is 5.60 Å². The lowest BCUT2D eigenvalue weighted by Gasteiger charge is -2.41. The van der Waals surface area contributed by atoms with Crippen LogP contribution >= 0.6 is 0 Å². The minimum atomic E-state index is -0.365. The number of hydrogen-bond acceptors (Lipinski definition) is 2. The van der Waals surface area contributed by atoms with Gasteiger partial charge in [-0.05, 0) is 31.7 Å². The average molecular weight is 211 g/mol. The SMILES string of the molecule is CCC1CCCCC1C1(O)CCN(C)C1. The van der Waals surface area contributed by atoms with E-state index >= 15 is 0 Å². The Balaban J connectivity index is 2.06. The Morgan fingerprint density at radius 2 is 2.07 bits per heavy atom. The van der Waals surface area contributed by atoms with Crippen molar-refractivity contribution >= 4 is 0 Å². The zero-order chi connectivity index (χ0) is 10.9. The van der Waals surface area contributed by atoms with Crippen LogP contribution in [0.3, 0.4) is 0 Å². The highest BCUT2D eigenvalue weighted by molar-refractivity contribution is 4.97. The molecule has 15 heavy (non-hydrogen) atoms. The second-order valence-electron chi connectivity index (χ2n) is 5.65. The molecule has 2 aliphatic rings. The van der Waals surface area contributed by atoms with Crippen molar-refractivity contribution in [2.45, 2.75) is 51.0 Å². The molecule has 3 atom stereocenters. The Kier molecular flexibility index (Phi) is 3.36. The minimum Gasteiger partial charge on any atom is -0.388 e. The number of likely N-dealkylation sites (tertiary alicyclic amines) is 1. The molecule has 2 fully saturated rings. The third-order valence-corrected chi connectivity index (χ3v) is 4.59. The molecule has 1 saturated heterocycles. The molecule has 2 rings (SSSR count). The minimum absolute atomic E-state index is 0.365. The van der Waals surface area contributed by atoms with Gasteiger partial charge in [-0.25, -0.2) is 0 Å². The van der Waals surface area contributed by atoms with Crippen molar-refractivity contribution in [3.8, 4) is 0 Å². The zero-order valence-electron chi connectivity index (χ0n) is 10.2. The molecule has 1 saturated carbocycles. The molecule has 3 unspecified atom stereocenters. The summed E-state index contributed by atoms with van der Waals surface area (Å²) in [5.74, 6) is 1.34. The Morgan fingerprint density at radius 1 is 1.33 bits per heavy atom. The summed E-state index contributed by atoms with van der Waals surface area (Å²) in [4.78, 5) is 2.28. The van der Waals surface area contributed by atoms with Gasteiger partial charge in [0.25, 0.3) is 0 Å². The van der Waals surface area contributed by atoms with Crippen LogP contribution in [0, 0.1) is 11.8 Å². The molecule has 0 amide bonds. The highest BCUT2D eigenvalue weighted by Gasteiger charge is 2.45. The van der Waals surface area contributed by atoms with Gasteiger partial charge in [0.15, 0.2) is 0 Å². The molecule has 1 N–H and O–H groups in total. The summed E-state index contributed by atoms with van der Waals surface area (Å²) in [5.41, 5.74) is -0.365. The maximum absolute atomic E-state index is 10.7.